The number of aromatic nitrogens is 1. The molecule has 3 atom stereocenters. The molecule has 1 heterocycles. The van der Waals surface area contributed by atoms with Gasteiger partial charge in [0.1, 0.15) is 17.8 Å². The zero-order valence-corrected chi connectivity index (χ0v) is 16.5. The Bertz CT molecular complexity index is 877. The second kappa shape index (κ2) is 8.43. The van der Waals surface area contributed by atoms with Crippen LogP contribution in [-0.2, 0) is 16.6 Å². The Morgan fingerprint density at radius 3 is 2.44 bits per heavy atom. The van der Waals surface area contributed by atoms with Crippen molar-refractivity contribution in [1.82, 2.24) is 15.2 Å². The van der Waals surface area contributed by atoms with E-state index >= 15 is 0 Å². The van der Waals surface area contributed by atoms with Crippen molar-refractivity contribution in [1.29, 1.82) is 0 Å². The van der Waals surface area contributed by atoms with Crippen molar-refractivity contribution in [2.24, 2.45) is 13.0 Å². The van der Waals surface area contributed by atoms with E-state index in [9.17, 15) is 14.4 Å². The Balaban J connectivity index is 2.27. The molecule has 2 amide bonds. The van der Waals surface area contributed by atoms with Gasteiger partial charge in [-0.3, -0.25) is 14.4 Å². The van der Waals surface area contributed by atoms with Gasteiger partial charge in [-0.2, -0.15) is 0 Å². The van der Waals surface area contributed by atoms with Crippen LogP contribution in [0, 0.1) is 5.92 Å². The van der Waals surface area contributed by atoms with Crippen LogP contribution >= 0.6 is 11.6 Å². The summed E-state index contributed by atoms with van der Waals surface area (Å²) in [4.78, 5) is 36.3. The lowest BCUT2D eigenvalue weighted by atomic mass is 9.98. The van der Waals surface area contributed by atoms with E-state index in [1.54, 1.807) is 29.8 Å². The van der Waals surface area contributed by atoms with E-state index in [4.69, 9.17) is 16.7 Å². The molecule has 0 saturated carbocycles. The molecule has 0 radical (unpaired) electrons. The molecular weight excluding hydrogens is 370 g/mol. The van der Waals surface area contributed by atoms with Crippen molar-refractivity contribution in [3.8, 4) is 0 Å². The molecule has 0 saturated heterocycles. The molecule has 0 unspecified atom stereocenters. The number of fused-ring (bicyclic) bond motifs is 1. The number of nitrogens with one attached hydrogen (secondary N) is 2. The number of benzene rings is 1. The maximum absolute atomic E-state index is 12.8. The first-order chi connectivity index (χ1) is 12.6. The maximum atomic E-state index is 12.8. The van der Waals surface area contributed by atoms with Crippen molar-refractivity contribution in [3.63, 3.8) is 0 Å². The summed E-state index contributed by atoms with van der Waals surface area (Å²) in [5.41, 5.74) is 1.23. The second-order valence-electron chi connectivity index (χ2n) is 6.70. The van der Waals surface area contributed by atoms with E-state index in [1.165, 1.54) is 6.92 Å². The lowest BCUT2D eigenvalue weighted by Crippen LogP contribution is -2.53. The van der Waals surface area contributed by atoms with Crippen LogP contribution in [0.15, 0.2) is 24.3 Å². The minimum atomic E-state index is -1.14. The fourth-order valence-corrected chi connectivity index (χ4v) is 3.00. The number of nitrogens with zero attached hydrogens (tertiary/aromatic N) is 1. The summed E-state index contributed by atoms with van der Waals surface area (Å²) in [7, 11) is 1.76. The van der Waals surface area contributed by atoms with Crippen LogP contribution in [0.5, 0.6) is 0 Å². The van der Waals surface area contributed by atoms with Crippen LogP contribution in [0.25, 0.3) is 10.9 Å². The average molecular weight is 394 g/mol. The van der Waals surface area contributed by atoms with Gasteiger partial charge in [-0.15, -0.1) is 0 Å². The number of hydrogen-bond donors (Lipinski definition) is 3. The summed E-state index contributed by atoms with van der Waals surface area (Å²) in [5.74, 6) is -2.23. The van der Waals surface area contributed by atoms with E-state index in [0.29, 0.717) is 17.1 Å². The first-order valence-electron chi connectivity index (χ1n) is 8.74. The van der Waals surface area contributed by atoms with Gasteiger partial charge in [-0.05, 0) is 37.1 Å². The standard InChI is InChI=1S/C19H24ClN3O4/c1-5-10(2)16(18(25)21-11(3)19(26)27)22-17(24)15-9-12-8-13(20)6-7-14(12)23(15)4/h6-11,16H,5H2,1-4H3,(H,21,25)(H,22,24)(H,26,27)/t10-,11-,16-/m0/s1. The molecule has 1 aromatic heterocycles. The molecule has 3 N–H and O–H groups in total. The summed E-state index contributed by atoms with van der Waals surface area (Å²) >= 11 is 6.01. The monoisotopic (exact) mass is 393 g/mol. The summed E-state index contributed by atoms with van der Waals surface area (Å²) in [6, 6.07) is 5.16. The van der Waals surface area contributed by atoms with Gasteiger partial charge < -0.3 is 20.3 Å². The van der Waals surface area contributed by atoms with Crippen LogP contribution in [0.3, 0.4) is 0 Å². The molecule has 0 aliphatic rings. The number of carboxylic acids is 1. The SMILES string of the molecule is CC[C@H](C)[C@H](NC(=O)c1cc2cc(Cl)ccc2n1C)C(=O)N[C@@H](C)C(=O)O. The molecular formula is C19H24ClN3O4. The number of carbonyl (C=O) groups is 3. The number of aryl methyl sites for hydroxylation is 1. The Morgan fingerprint density at radius 1 is 1.19 bits per heavy atom. The molecule has 0 bridgehead atoms. The lowest BCUT2D eigenvalue weighted by Gasteiger charge is -2.24. The predicted molar refractivity (Wildman–Crippen MR) is 104 cm³/mol. The first kappa shape index (κ1) is 20.8. The molecule has 2 rings (SSSR count). The highest BCUT2D eigenvalue weighted by Crippen LogP contribution is 2.23. The summed E-state index contributed by atoms with van der Waals surface area (Å²) in [6.45, 7) is 5.11. The number of rotatable bonds is 7. The van der Waals surface area contributed by atoms with E-state index in [2.05, 4.69) is 10.6 Å². The highest BCUT2D eigenvalue weighted by atomic mass is 35.5. The van der Waals surface area contributed by atoms with E-state index in [0.717, 1.165) is 10.9 Å². The fourth-order valence-electron chi connectivity index (χ4n) is 2.82. The number of carbonyl (C=O) groups excluding carboxylic acids is 2. The molecule has 27 heavy (non-hydrogen) atoms. The van der Waals surface area contributed by atoms with Crippen molar-refractivity contribution in [2.75, 3.05) is 0 Å². The highest BCUT2D eigenvalue weighted by Gasteiger charge is 2.29. The first-order valence-corrected chi connectivity index (χ1v) is 9.12. The summed E-state index contributed by atoms with van der Waals surface area (Å²) in [6.07, 6.45) is 0.643. The summed E-state index contributed by atoms with van der Waals surface area (Å²) in [5, 5.41) is 15.5. The predicted octanol–water partition coefficient (Wildman–Crippen LogP) is 2.57. The minimum Gasteiger partial charge on any atom is -0.480 e. The molecule has 2 aromatic rings. The van der Waals surface area contributed by atoms with Gasteiger partial charge in [0, 0.05) is 23.0 Å². The fraction of sp³-hybridized carbons (Fsp3) is 0.421. The third-order valence-corrected chi connectivity index (χ3v) is 4.98. The Labute approximate surface area is 162 Å². The van der Waals surface area contributed by atoms with Crippen molar-refractivity contribution in [2.45, 2.75) is 39.3 Å². The van der Waals surface area contributed by atoms with E-state index in [1.807, 2.05) is 19.9 Å². The largest absolute Gasteiger partial charge is 0.480 e. The normalized spacial score (nSPS) is 14.4. The molecule has 0 spiro atoms. The molecule has 0 aliphatic carbocycles. The molecule has 7 nitrogen and oxygen atoms in total. The Kier molecular flexibility index (Phi) is 6.49. The highest BCUT2D eigenvalue weighted by molar-refractivity contribution is 6.31. The van der Waals surface area contributed by atoms with Crippen LogP contribution in [-0.4, -0.2) is 39.5 Å². The van der Waals surface area contributed by atoms with E-state index < -0.39 is 29.9 Å². The molecule has 0 aliphatic heterocycles. The Hall–Kier alpha value is -2.54. The zero-order valence-electron chi connectivity index (χ0n) is 15.7. The number of hydrogen-bond acceptors (Lipinski definition) is 3. The number of carboxylic acid groups (broad SMARTS) is 1. The molecule has 146 valence electrons. The molecule has 8 heteroatoms. The third kappa shape index (κ3) is 4.60. The third-order valence-electron chi connectivity index (χ3n) is 4.75. The topological polar surface area (TPSA) is 100 Å². The second-order valence-corrected chi connectivity index (χ2v) is 7.13. The smallest absolute Gasteiger partial charge is 0.325 e. The number of halogens is 1. The Morgan fingerprint density at radius 2 is 1.85 bits per heavy atom. The van der Waals surface area contributed by atoms with Gasteiger partial charge in [-0.1, -0.05) is 31.9 Å². The molecule has 0 fully saturated rings. The quantitative estimate of drug-likeness (QED) is 0.673. The summed E-state index contributed by atoms with van der Waals surface area (Å²) < 4.78 is 1.73. The van der Waals surface area contributed by atoms with Crippen LogP contribution in [0.4, 0.5) is 0 Å². The molecule has 1 aromatic carbocycles. The zero-order chi connectivity index (χ0) is 20.3. The minimum absolute atomic E-state index is 0.168. The van der Waals surface area contributed by atoms with Gasteiger partial charge in [-0.25, -0.2) is 0 Å². The van der Waals surface area contributed by atoms with Gasteiger partial charge in [0.25, 0.3) is 5.91 Å². The maximum Gasteiger partial charge on any atom is 0.325 e. The van der Waals surface area contributed by atoms with E-state index in [-0.39, 0.29) is 5.92 Å². The van der Waals surface area contributed by atoms with Crippen molar-refractivity contribution < 1.29 is 19.5 Å². The van der Waals surface area contributed by atoms with Gasteiger partial charge in [0.2, 0.25) is 5.91 Å². The van der Waals surface area contributed by atoms with Crippen LogP contribution < -0.4 is 10.6 Å². The van der Waals surface area contributed by atoms with Crippen molar-refractivity contribution >= 4 is 40.3 Å². The van der Waals surface area contributed by atoms with Gasteiger partial charge in [0.05, 0.1) is 0 Å². The lowest BCUT2D eigenvalue weighted by molar-refractivity contribution is -0.141. The number of amides is 2. The van der Waals surface area contributed by atoms with Crippen LogP contribution in [0.1, 0.15) is 37.7 Å². The average Bonchev–Trinajstić information content (AvgIpc) is 2.94. The van der Waals surface area contributed by atoms with Crippen LogP contribution in [0.2, 0.25) is 5.02 Å². The van der Waals surface area contributed by atoms with Crippen molar-refractivity contribution in [3.05, 3.63) is 35.0 Å². The number of aliphatic carboxylic acids is 1. The van der Waals surface area contributed by atoms with Gasteiger partial charge >= 0.3 is 5.97 Å². The van der Waals surface area contributed by atoms with Gasteiger partial charge in [0.15, 0.2) is 0 Å².